The Balaban J connectivity index is 1.32. The van der Waals surface area contributed by atoms with Gasteiger partial charge in [0.25, 0.3) is 0 Å². The largest absolute Gasteiger partial charge is 0.476 e. The van der Waals surface area contributed by atoms with E-state index in [1.807, 2.05) is 42.5 Å². The molecule has 2 aromatic heterocycles. The Morgan fingerprint density at radius 1 is 1.03 bits per heavy atom. The van der Waals surface area contributed by atoms with E-state index in [-0.39, 0.29) is 11.7 Å². The quantitative estimate of drug-likeness (QED) is 0.694. The van der Waals surface area contributed by atoms with Gasteiger partial charge in [-0.05, 0) is 29.8 Å². The first-order valence-corrected chi connectivity index (χ1v) is 9.57. The van der Waals surface area contributed by atoms with Crippen molar-refractivity contribution in [1.82, 2.24) is 24.6 Å². The molecule has 154 valence electrons. The van der Waals surface area contributed by atoms with E-state index in [0.29, 0.717) is 32.1 Å². The van der Waals surface area contributed by atoms with Gasteiger partial charge >= 0.3 is 12.0 Å². The number of carbonyl (C=O) groups excluding carboxylic acids is 1. The predicted molar refractivity (Wildman–Crippen MR) is 108 cm³/mol. The highest BCUT2D eigenvalue weighted by Gasteiger charge is 2.23. The van der Waals surface area contributed by atoms with Crippen molar-refractivity contribution in [3.8, 4) is 11.6 Å². The molecule has 1 N–H and O–H groups in total. The van der Waals surface area contributed by atoms with Crippen molar-refractivity contribution in [2.24, 2.45) is 0 Å². The number of carboxylic acid groups (broad SMARTS) is 1. The third-order valence-electron chi connectivity index (χ3n) is 4.81. The molecule has 4 rings (SSSR count). The fourth-order valence-electron chi connectivity index (χ4n) is 3.28. The summed E-state index contributed by atoms with van der Waals surface area (Å²) in [6.45, 7) is 3.26. The highest BCUT2D eigenvalue weighted by molar-refractivity contribution is 5.86. The smallest absolute Gasteiger partial charge is 0.356 e. The summed E-state index contributed by atoms with van der Waals surface area (Å²) in [5, 5.41) is 12.8. The summed E-state index contributed by atoms with van der Waals surface area (Å²) in [6, 6.07) is 14.4. The molecule has 3 aromatic rings. The summed E-state index contributed by atoms with van der Waals surface area (Å²) in [5.74, 6) is 0.125. The van der Waals surface area contributed by atoms with Crippen molar-refractivity contribution in [2.45, 2.75) is 6.54 Å². The first-order valence-electron chi connectivity index (χ1n) is 9.57. The zero-order valence-electron chi connectivity index (χ0n) is 16.2. The molecule has 0 aliphatic carbocycles. The molecular formula is C21H21N5O4. The number of hydrogen-bond donors (Lipinski definition) is 1. The van der Waals surface area contributed by atoms with Crippen LogP contribution in [0.15, 0.2) is 60.9 Å². The molecule has 1 aliphatic rings. The Morgan fingerprint density at radius 2 is 1.87 bits per heavy atom. The lowest BCUT2D eigenvalue weighted by Gasteiger charge is -2.34. The van der Waals surface area contributed by atoms with Gasteiger partial charge in [0, 0.05) is 51.2 Å². The fraction of sp³-hybridized carbons (Fsp3) is 0.238. The van der Waals surface area contributed by atoms with Gasteiger partial charge in [0.05, 0.1) is 0 Å². The molecule has 9 heteroatoms. The van der Waals surface area contributed by atoms with Crippen LogP contribution in [0.5, 0.6) is 11.6 Å². The van der Waals surface area contributed by atoms with E-state index in [0.717, 1.165) is 22.5 Å². The first-order chi connectivity index (χ1) is 14.6. The molecule has 0 unspecified atom stereocenters. The van der Waals surface area contributed by atoms with Gasteiger partial charge in [0.15, 0.2) is 5.69 Å². The number of carboxylic acids is 1. The summed E-state index contributed by atoms with van der Waals surface area (Å²) in [7, 11) is 0. The molecule has 1 aromatic carbocycles. The van der Waals surface area contributed by atoms with Gasteiger partial charge in [-0.1, -0.05) is 18.2 Å². The second-order valence-electron chi connectivity index (χ2n) is 6.91. The third kappa shape index (κ3) is 4.64. The minimum Gasteiger partial charge on any atom is -0.476 e. The predicted octanol–water partition coefficient (Wildman–Crippen LogP) is 2.55. The Hall–Kier alpha value is -3.72. The van der Waals surface area contributed by atoms with Crippen LogP contribution in [0.1, 0.15) is 16.1 Å². The van der Waals surface area contributed by atoms with Crippen LogP contribution in [-0.4, -0.2) is 67.9 Å². The number of nitrogens with zero attached hydrogens (tertiary/aromatic N) is 5. The van der Waals surface area contributed by atoms with Crippen LogP contribution in [0.3, 0.4) is 0 Å². The lowest BCUT2D eigenvalue weighted by Crippen LogP contribution is -2.49. The van der Waals surface area contributed by atoms with Crippen molar-refractivity contribution < 1.29 is 19.4 Å². The van der Waals surface area contributed by atoms with Gasteiger partial charge in [0.1, 0.15) is 5.75 Å². The normalized spacial score (nSPS) is 14.5. The summed E-state index contributed by atoms with van der Waals surface area (Å²) in [6.07, 6.45) is 3.07. The number of aromatic carboxylic acids is 1. The molecule has 1 amide bonds. The number of carbonyl (C=O) groups is 2. The van der Waals surface area contributed by atoms with Crippen LogP contribution in [-0.2, 0) is 6.54 Å². The van der Waals surface area contributed by atoms with Crippen molar-refractivity contribution in [3.63, 3.8) is 0 Å². The molecule has 0 saturated carbocycles. The number of hydrogen-bond acceptors (Lipinski definition) is 6. The highest BCUT2D eigenvalue weighted by Crippen LogP contribution is 2.21. The Kier molecular flexibility index (Phi) is 5.71. The van der Waals surface area contributed by atoms with Crippen molar-refractivity contribution in [1.29, 1.82) is 0 Å². The number of amides is 1. The second kappa shape index (κ2) is 8.75. The minimum absolute atomic E-state index is 0.144. The average molecular weight is 407 g/mol. The molecule has 30 heavy (non-hydrogen) atoms. The van der Waals surface area contributed by atoms with Crippen molar-refractivity contribution in [2.75, 3.05) is 26.2 Å². The van der Waals surface area contributed by atoms with Crippen LogP contribution in [0.4, 0.5) is 4.79 Å². The van der Waals surface area contributed by atoms with E-state index in [2.05, 4.69) is 15.0 Å². The Morgan fingerprint density at radius 3 is 2.57 bits per heavy atom. The summed E-state index contributed by atoms with van der Waals surface area (Å²) in [5.41, 5.74) is 0.969. The number of aromatic nitrogens is 3. The Labute approximate surface area is 173 Å². The van der Waals surface area contributed by atoms with Crippen molar-refractivity contribution in [3.05, 3.63) is 72.2 Å². The van der Waals surface area contributed by atoms with Gasteiger partial charge in [0.2, 0.25) is 5.88 Å². The van der Waals surface area contributed by atoms with E-state index in [1.165, 1.54) is 12.3 Å². The molecule has 9 nitrogen and oxygen atoms in total. The van der Waals surface area contributed by atoms with E-state index in [4.69, 9.17) is 9.84 Å². The zero-order chi connectivity index (χ0) is 20.9. The van der Waals surface area contributed by atoms with E-state index in [1.54, 1.807) is 11.1 Å². The van der Waals surface area contributed by atoms with Crippen LogP contribution in [0, 0.1) is 0 Å². The van der Waals surface area contributed by atoms with Crippen molar-refractivity contribution >= 4 is 12.0 Å². The minimum atomic E-state index is -1.15. The van der Waals surface area contributed by atoms with Gasteiger partial charge in [-0.25, -0.2) is 14.6 Å². The highest BCUT2D eigenvalue weighted by atomic mass is 16.5. The van der Waals surface area contributed by atoms with Crippen LogP contribution >= 0.6 is 0 Å². The van der Waals surface area contributed by atoms with Gasteiger partial charge in [-0.3, -0.25) is 4.90 Å². The van der Waals surface area contributed by atoms with Gasteiger partial charge < -0.3 is 14.7 Å². The monoisotopic (exact) mass is 407 g/mol. The fourth-order valence-corrected chi connectivity index (χ4v) is 3.28. The number of ether oxygens (including phenoxy) is 1. The molecule has 0 bridgehead atoms. The van der Waals surface area contributed by atoms with Crippen LogP contribution in [0.25, 0.3) is 0 Å². The molecular weight excluding hydrogens is 386 g/mol. The second-order valence-corrected chi connectivity index (χ2v) is 6.91. The molecule has 0 atom stereocenters. The van der Waals surface area contributed by atoms with E-state index >= 15 is 0 Å². The first kappa shape index (κ1) is 19.6. The number of rotatable bonds is 5. The van der Waals surface area contributed by atoms with Crippen LogP contribution in [0.2, 0.25) is 0 Å². The maximum Gasteiger partial charge on any atom is 0.356 e. The van der Waals surface area contributed by atoms with E-state index < -0.39 is 5.97 Å². The number of piperazine rings is 1. The molecule has 1 saturated heterocycles. The van der Waals surface area contributed by atoms with Gasteiger partial charge in [-0.2, -0.15) is 9.78 Å². The summed E-state index contributed by atoms with van der Waals surface area (Å²) >= 11 is 0. The van der Waals surface area contributed by atoms with Crippen LogP contribution < -0.4 is 4.74 Å². The summed E-state index contributed by atoms with van der Waals surface area (Å²) in [4.78, 5) is 31.6. The molecule has 0 radical (unpaired) electrons. The lowest BCUT2D eigenvalue weighted by atomic mass is 10.2. The number of benzene rings is 1. The molecule has 3 heterocycles. The maximum absolute atomic E-state index is 12.5. The molecule has 0 spiro atoms. The SMILES string of the molecule is O=C(O)c1ccn(C(=O)N2CCN(Cc3cccc(Oc4ccccn4)c3)CC2)n1. The topological polar surface area (TPSA) is 101 Å². The van der Waals surface area contributed by atoms with E-state index in [9.17, 15) is 9.59 Å². The average Bonchev–Trinajstić information content (AvgIpc) is 3.26. The molecule has 1 aliphatic heterocycles. The maximum atomic E-state index is 12.5. The zero-order valence-corrected chi connectivity index (χ0v) is 16.2. The summed E-state index contributed by atoms with van der Waals surface area (Å²) < 4.78 is 6.87. The Bertz CT molecular complexity index is 1030. The molecule has 1 fully saturated rings. The lowest BCUT2D eigenvalue weighted by molar-refractivity contribution is 0.0689. The van der Waals surface area contributed by atoms with Gasteiger partial charge in [-0.15, -0.1) is 0 Å². The number of pyridine rings is 1. The standard InChI is InChI=1S/C21H21N5O4/c27-20(28)18-7-9-26(23-18)21(29)25-12-10-24(11-13-25)15-16-4-3-5-17(14-16)30-19-6-1-2-8-22-19/h1-9,14H,10-13,15H2,(H,27,28). The third-order valence-corrected chi connectivity index (χ3v) is 4.81.